The van der Waals surface area contributed by atoms with Crippen molar-refractivity contribution in [1.82, 2.24) is 14.8 Å². The van der Waals surface area contributed by atoms with Crippen LogP contribution < -0.4 is 5.32 Å². The van der Waals surface area contributed by atoms with E-state index in [0.29, 0.717) is 31.1 Å². The molecule has 8 heteroatoms. The molecule has 2 fully saturated rings. The third-order valence-corrected chi connectivity index (χ3v) is 5.94. The number of piperidine rings is 2. The Kier molecular flexibility index (Phi) is 6.93. The van der Waals surface area contributed by atoms with Gasteiger partial charge in [-0.25, -0.2) is 9.78 Å². The van der Waals surface area contributed by atoms with Crippen LogP contribution in [0.5, 0.6) is 0 Å². The molecular weight excluding hydrogens is 376 g/mol. The quantitative estimate of drug-likeness (QED) is 0.822. The highest BCUT2D eigenvalue weighted by molar-refractivity contribution is 7.13. The summed E-state index contributed by atoms with van der Waals surface area (Å²) >= 11 is 1.49. The Morgan fingerprint density at radius 1 is 1.18 bits per heavy atom. The second-order valence-corrected chi connectivity index (χ2v) is 9.57. The predicted octanol–water partition coefficient (Wildman–Crippen LogP) is 3.71. The molecule has 3 rings (SSSR count). The highest BCUT2D eigenvalue weighted by Crippen LogP contribution is 2.23. The van der Waals surface area contributed by atoms with Gasteiger partial charge >= 0.3 is 6.09 Å². The molecule has 0 aliphatic carbocycles. The third-order valence-electron chi connectivity index (χ3n) is 5.13. The zero-order valence-corrected chi connectivity index (χ0v) is 18.0. The van der Waals surface area contributed by atoms with Gasteiger partial charge in [-0.3, -0.25) is 9.69 Å². The molecule has 0 saturated carbocycles. The topological polar surface area (TPSA) is 74.8 Å². The van der Waals surface area contributed by atoms with Crippen molar-refractivity contribution in [2.45, 2.75) is 65.0 Å². The maximum Gasteiger partial charge on any atom is 0.410 e. The maximum absolute atomic E-state index is 12.6. The first-order valence-electron chi connectivity index (χ1n) is 10.3. The van der Waals surface area contributed by atoms with Gasteiger partial charge < -0.3 is 15.0 Å². The van der Waals surface area contributed by atoms with Crippen LogP contribution >= 0.6 is 11.3 Å². The van der Waals surface area contributed by atoms with E-state index in [2.05, 4.69) is 15.2 Å². The molecule has 3 heterocycles. The standard InChI is InChI=1S/C20H32N4O3S/c1-20(2,3)27-19(26)24-11-7-15(8-12-24)17(25)22-18-21-16(14-28-18)13-23-9-5-4-6-10-23/h14-15H,4-13H2,1-3H3,(H,21,22,25). The van der Waals surface area contributed by atoms with Gasteiger partial charge in [-0.2, -0.15) is 0 Å². The van der Waals surface area contributed by atoms with Gasteiger partial charge in [-0.05, 0) is 59.5 Å². The summed E-state index contributed by atoms with van der Waals surface area (Å²) in [5.74, 6) is -0.0872. The van der Waals surface area contributed by atoms with Crippen LogP contribution in [0.4, 0.5) is 9.93 Å². The lowest BCUT2D eigenvalue weighted by Crippen LogP contribution is -2.43. The molecule has 0 bridgehead atoms. The fourth-order valence-electron chi connectivity index (χ4n) is 3.64. The first-order chi connectivity index (χ1) is 13.3. The van der Waals surface area contributed by atoms with E-state index in [1.807, 2.05) is 26.2 Å². The number of ether oxygens (including phenoxy) is 1. The average molecular weight is 409 g/mol. The van der Waals surface area contributed by atoms with E-state index in [1.54, 1.807) is 4.90 Å². The molecule has 1 aromatic rings. The Balaban J connectivity index is 1.44. The molecule has 0 unspecified atom stereocenters. The predicted molar refractivity (Wildman–Crippen MR) is 110 cm³/mol. The molecule has 0 radical (unpaired) electrons. The SMILES string of the molecule is CC(C)(C)OC(=O)N1CCC(C(=O)Nc2nc(CN3CCCCC3)cs2)CC1. The van der Waals surface area contributed by atoms with Crippen LogP contribution in [0.15, 0.2) is 5.38 Å². The van der Waals surface area contributed by atoms with Gasteiger partial charge in [0.15, 0.2) is 5.13 Å². The number of nitrogens with zero attached hydrogens (tertiary/aromatic N) is 3. The number of thiazole rings is 1. The van der Waals surface area contributed by atoms with Gasteiger partial charge in [0.1, 0.15) is 5.60 Å². The molecule has 2 aliphatic heterocycles. The summed E-state index contributed by atoms with van der Waals surface area (Å²) in [7, 11) is 0. The Labute approximate surface area is 171 Å². The van der Waals surface area contributed by atoms with E-state index in [1.165, 1.54) is 30.6 Å². The van der Waals surface area contributed by atoms with E-state index >= 15 is 0 Å². The van der Waals surface area contributed by atoms with Crippen LogP contribution in [0.1, 0.15) is 58.6 Å². The van der Waals surface area contributed by atoms with E-state index in [4.69, 9.17) is 4.74 Å². The highest BCUT2D eigenvalue weighted by atomic mass is 32.1. The second-order valence-electron chi connectivity index (χ2n) is 8.71. The second kappa shape index (κ2) is 9.22. The van der Waals surface area contributed by atoms with Crippen molar-refractivity contribution in [3.8, 4) is 0 Å². The van der Waals surface area contributed by atoms with Crippen molar-refractivity contribution in [1.29, 1.82) is 0 Å². The number of carbonyl (C=O) groups is 2. The number of carbonyl (C=O) groups excluding carboxylic acids is 2. The molecule has 7 nitrogen and oxygen atoms in total. The Bertz CT molecular complexity index is 671. The number of hydrogen-bond donors (Lipinski definition) is 1. The van der Waals surface area contributed by atoms with Crippen LogP contribution in [-0.4, -0.2) is 58.6 Å². The number of likely N-dealkylation sites (tertiary alicyclic amines) is 2. The van der Waals surface area contributed by atoms with Crippen molar-refractivity contribution in [3.63, 3.8) is 0 Å². The van der Waals surface area contributed by atoms with E-state index < -0.39 is 5.60 Å². The van der Waals surface area contributed by atoms with Crippen molar-refractivity contribution in [3.05, 3.63) is 11.1 Å². The van der Waals surface area contributed by atoms with Crippen LogP contribution in [-0.2, 0) is 16.1 Å². The number of hydrogen-bond acceptors (Lipinski definition) is 6. The van der Waals surface area contributed by atoms with Gasteiger partial charge in [-0.15, -0.1) is 11.3 Å². The number of amides is 2. The smallest absolute Gasteiger partial charge is 0.410 e. The molecule has 1 aromatic heterocycles. The largest absolute Gasteiger partial charge is 0.444 e. The first-order valence-corrected chi connectivity index (χ1v) is 11.1. The molecule has 2 saturated heterocycles. The van der Waals surface area contributed by atoms with Gasteiger partial charge in [-0.1, -0.05) is 6.42 Å². The van der Waals surface area contributed by atoms with Crippen LogP contribution in [0, 0.1) is 5.92 Å². The molecule has 2 aliphatic rings. The van der Waals surface area contributed by atoms with Crippen molar-refractivity contribution >= 4 is 28.5 Å². The third kappa shape index (κ3) is 6.17. The fraction of sp³-hybridized carbons (Fsp3) is 0.750. The Morgan fingerprint density at radius 3 is 2.50 bits per heavy atom. The molecule has 0 spiro atoms. The summed E-state index contributed by atoms with van der Waals surface area (Å²) in [5, 5.41) is 5.68. The van der Waals surface area contributed by atoms with E-state index in [9.17, 15) is 9.59 Å². The van der Waals surface area contributed by atoms with Gasteiger partial charge in [0, 0.05) is 30.9 Å². The summed E-state index contributed by atoms with van der Waals surface area (Å²) in [5.41, 5.74) is 0.532. The summed E-state index contributed by atoms with van der Waals surface area (Å²) in [6.45, 7) is 9.80. The summed E-state index contributed by atoms with van der Waals surface area (Å²) < 4.78 is 5.41. The minimum atomic E-state index is -0.498. The van der Waals surface area contributed by atoms with Crippen LogP contribution in [0.25, 0.3) is 0 Å². The summed E-state index contributed by atoms with van der Waals surface area (Å²) in [6, 6.07) is 0. The zero-order chi connectivity index (χ0) is 20.1. The minimum absolute atomic E-state index is 0.00251. The van der Waals surface area contributed by atoms with Crippen molar-refractivity contribution in [2.75, 3.05) is 31.5 Å². The molecule has 0 aromatic carbocycles. The minimum Gasteiger partial charge on any atom is -0.444 e. The normalized spacial score (nSPS) is 19.5. The molecule has 156 valence electrons. The lowest BCUT2D eigenvalue weighted by atomic mass is 9.96. The monoisotopic (exact) mass is 408 g/mol. The van der Waals surface area contributed by atoms with Gasteiger partial charge in [0.25, 0.3) is 0 Å². The molecular formula is C20H32N4O3S. The summed E-state index contributed by atoms with van der Waals surface area (Å²) in [6.07, 6.45) is 4.84. The Hall–Kier alpha value is -1.67. The van der Waals surface area contributed by atoms with Crippen molar-refractivity contribution in [2.24, 2.45) is 5.92 Å². The molecule has 0 atom stereocenters. The number of aromatic nitrogens is 1. The first kappa shape index (κ1) is 21.0. The average Bonchev–Trinajstić information content (AvgIpc) is 3.08. The number of anilines is 1. The molecule has 2 amide bonds. The van der Waals surface area contributed by atoms with Gasteiger partial charge in [0.2, 0.25) is 5.91 Å². The highest BCUT2D eigenvalue weighted by Gasteiger charge is 2.30. The maximum atomic E-state index is 12.6. The van der Waals surface area contributed by atoms with Crippen molar-refractivity contribution < 1.29 is 14.3 Å². The molecule has 1 N–H and O–H groups in total. The van der Waals surface area contributed by atoms with Crippen LogP contribution in [0.3, 0.4) is 0 Å². The summed E-state index contributed by atoms with van der Waals surface area (Å²) in [4.78, 5) is 33.4. The van der Waals surface area contributed by atoms with Crippen LogP contribution in [0.2, 0.25) is 0 Å². The molecule has 28 heavy (non-hydrogen) atoms. The zero-order valence-electron chi connectivity index (χ0n) is 17.2. The number of nitrogens with one attached hydrogen (secondary N) is 1. The van der Waals surface area contributed by atoms with E-state index in [0.717, 1.165) is 25.3 Å². The lowest BCUT2D eigenvalue weighted by Gasteiger charge is -2.32. The lowest BCUT2D eigenvalue weighted by molar-refractivity contribution is -0.121. The Morgan fingerprint density at radius 2 is 1.86 bits per heavy atom. The van der Waals surface area contributed by atoms with E-state index in [-0.39, 0.29) is 17.9 Å². The number of rotatable bonds is 4. The fourth-order valence-corrected chi connectivity index (χ4v) is 4.35. The van der Waals surface area contributed by atoms with Gasteiger partial charge in [0.05, 0.1) is 5.69 Å².